The summed E-state index contributed by atoms with van der Waals surface area (Å²) in [4.78, 5) is 11.9. The van der Waals surface area contributed by atoms with Gasteiger partial charge < -0.3 is 0 Å². The molecule has 11 heteroatoms. The zero-order valence-corrected chi connectivity index (χ0v) is 50.2. The standard InChI is InChI=1S/C46H85O2PSi8/c1-50(2,3)43(51(4,5)6)34-28-30-38(45(54(13,14)15)55(16,17)18)40(32-34)36-26-25-27-37(42(36)49(47)48)41-33-35(44(52(7,8)9)53(10,11)12)29-31-39(41)46(56(19,20)21)57(22,23)24/h25-33,43-46H,1-24H3/p+1. The summed E-state index contributed by atoms with van der Waals surface area (Å²) < 4.78 is 14.4. The Hall–Kier alpha value is -0.545. The predicted molar refractivity (Wildman–Crippen MR) is 285 cm³/mol. The van der Waals surface area contributed by atoms with Gasteiger partial charge in [0.1, 0.15) is 0 Å². The van der Waals surface area contributed by atoms with Crippen molar-refractivity contribution in [2.24, 2.45) is 0 Å². The lowest BCUT2D eigenvalue weighted by Crippen LogP contribution is -2.47. The Labute approximate surface area is 361 Å². The van der Waals surface area contributed by atoms with Crippen LogP contribution < -0.4 is 5.30 Å². The molecule has 0 saturated heterocycles. The summed E-state index contributed by atoms with van der Waals surface area (Å²) in [6.45, 7) is 61.1. The van der Waals surface area contributed by atoms with Crippen LogP contribution in [0, 0.1) is 0 Å². The van der Waals surface area contributed by atoms with Crippen LogP contribution in [0.4, 0.5) is 0 Å². The van der Waals surface area contributed by atoms with E-state index in [0.717, 1.165) is 11.1 Å². The first-order chi connectivity index (χ1) is 25.2. The molecule has 0 bridgehead atoms. The molecule has 0 aliphatic heterocycles. The maximum atomic E-state index is 14.4. The van der Waals surface area contributed by atoms with Crippen molar-refractivity contribution >= 4 is 77.9 Å². The van der Waals surface area contributed by atoms with Crippen LogP contribution in [0.15, 0.2) is 54.6 Å². The highest BCUT2D eigenvalue weighted by molar-refractivity contribution is 7.48. The maximum absolute atomic E-state index is 14.4. The molecule has 1 atom stereocenters. The van der Waals surface area contributed by atoms with Crippen molar-refractivity contribution in [2.75, 3.05) is 0 Å². The molecule has 0 radical (unpaired) electrons. The van der Waals surface area contributed by atoms with E-state index >= 15 is 0 Å². The quantitative estimate of drug-likeness (QED) is 0.122. The van der Waals surface area contributed by atoms with Crippen molar-refractivity contribution in [3.05, 3.63) is 76.9 Å². The summed E-state index contributed by atoms with van der Waals surface area (Å²) in [5, 5.41) is 2.78. The number of hydrogen-bond donors (Lipinski definition) is 1. The monoisotopic (exact) mass is 925 g/mol. The van der Waals surface area contributed by atoms with Crippen LogP contribution in [-0.4, -0.2) is 69.5 Å². The molecule has 3 aromatic rings. The highest BCUT2D eigenvalue weighted by Gasteiger charge is 2.46. The van der Waals surface area contributed by atoms with Gasteiger partial charge in [-0.15, -0.1) is 0 Å². The Bertz CT molecular complexity index is 1730. The van der Waals surface area contributed by atoms with Crippen LogP contribution in [0.1, 0.15) is 42.9 Å². The van der Waals surface area contributed by atoms with Gasteiger partial charge in [0.2, 0.25) is 5.30 Å². The van der Waals surface area contributed by atoms with Gasteiger partial charge in [-0.2, -0.15) is 4.89 Å². The number of benzene rings is 3. The smallest absolute Gasteiger partial charge is 0.156 e. The minimum absolute atomic E-state index is 0.496. The van der Waals surface area contributed by atoms with Crippen molar-refractivity contribution in [1.82, 2.24) is 0 Å². The van der Waals surface area contributed by atoms with Crippen molar-refractivity contribution in [2.45, 2.75) is 178 Å². The summed E-state index contributed by atoms with van der Waals surface area (Å²) in [5.41, 5.74) is 10.2. The van der Waals surface area contributed by atoms with Crippen molar-refractivity contribution in [3.8, 4) is 22.3 Å². The second kappa shape index (κ2) is 17.0. The zero-order chi connectivity index (χ0) is 44.4. The fraction of sp³-hybridized carbons (Fsp3) is 0.609. The predicted octanol–water partition coefficient (Wildman–Crippen LogP) is 15.7. The summed E-state index contributed by atoms with van der Waals surface area (Å²) in [5.74, 6) is 0. The summed E-state index contributed by atoms with van der Waals surface area (Å²) in [6, 6.07) is 21.7. The largest absolute Gasteiger partial charge is 0.547 e. The topological polar surface area (TPSA) is 37.3 Å². The van der Waals surface area contributed by atoms with Crippen LogP contribution in [0.25, 0.3) is 22.3 Å². The van der Waals surface area contributed by atoms with Gasteiger partial charge in [0.15, 0.2) is 0 Å². The Morgan fingerprint density at radius 3 is 0.825 bits per heavy atom. The lowest BCUT2D eigenvalue weighted by atomic mass is 9.92. The molecule has 57 heavy (non-hydrogen) atoms. The molecule has 3 aromatic carbocycles. The fourth-order valence-electron chi connectivity index (χ4n) is 12.7. The Morgan fingerprint density at radius 2 is 0.614 bits per heavy atom. The molecule has 0 spiro atoms. The van der Waals surface area contributed by atoms with E-state index < -0.39 is 72.6 Å². The van der Waals surface area contributed by atoms with E-state index in [2.05, 4.69) is 212 Å². The van der Waals surface area contributed by atoms with Crippen LogP contribution in [0.3, 0.4) is 0 Å². The lowest BCUT2D eigenvalue weighted by Gasteiger charge is -2.42. The van der Waals surface area contributed by atoms with Crippen LogP contribution in [0.5, 0.6) is 0 Å². The molecule has 0 heterocycles. The van der Waals surface area contributed by atoms with E-state index in [4.69, 9.17) is 0 Å². The Kier molecular flexibility index (Phi) is 15.1. The summed E-state index contributed by atoms with van der Waals surface area (Å²) >= 11 is 0. The van der Waals surface area contributed by atoms with Crippen LogP contribution >= 0.6 is 8.03 Å². The molecule has 1 unspecified atom stereocenters. The minimum Gasteiger partial charge on any atom is -0.156 e. The number of rotatable bonds is 15. The molecule has 1 N–H and O–H groups in total. The molecule has 0 aromatic heterocycles. The van der Waals surface area contributed by atoms with Crippen LogP contribution in [0.2, 0.25) is 157 Å². The van der Waals surface area contributed by atoms with Crippen molar-refractivity contribution < 1.29 is 9.46 Å². The maximum Gasteiger partial charge on any atom is 0.547 e. The highest BCUT2D eigenvalue weighted by Crippen LogP contribution is 2.48. The Morgan fingerprint density at radius 1 is 0.368 bits per heavy atom. The minimum atomic E-state index is -2.67. The van der Waals surface area contributed by atoms with Gasteiger partial charge in [-0.05, 0) is 70.7 Å². The molecule has 0 fully saturated rings. The van der Waals surface area contributed by atoms with E-state index in [0.29, 0.717) is 26.0 Å². The van der Waals surface area contributed by atoms with Crippen molar-refractivity contribution in [1.29, 1.82) is 0 Å². The number of hydrogen-bond acceptors (Lipinski definition) is 1. The molecule has 0 aliphatic carbocycles. The van der Waals surface area contributed by atoms with Crippen molar-refractivity contribution in [3.63, 3.8) is 0 Å². The van der Waals surface area contributed by atoms with Gasteiger partial charge in [-0.25, -0.2) is 0 Å². The fourth-order valence-corrected chi connectivity index (χ4v) is 64.6. The van der Waals surface area contributed by atoms with E-state index in [1.807, 2.05) is 0 Å². The lowest BCUT2D eigenvalue weighted by molar-refractivity contribution is 0.513. The first kappa shape index (κ1) is 50.8. The Balaban J connectivity index is 2.75. The van der Waals surface area contributed by atoms with E-state index in [-0.39, 0.29) is 0 Å². The first-order valence-electron chi connectivity index (χ1n) is 21.8. The molecule has 0 aliphatic rings. The van der Waals surface area contributed by atoms with E-state index in [9.17, 15) is 9.46 Å². The molecular weight excluding hydrogens is 840 g/mol. The van der Waals surface area contributed by atoms with Gasteiger partial charge in [0, 0.05) is 75.7 Å². The molecule has 3 rings (SSSR count). The first-order valence-corrected chi connectivity index (χ1v) is 51.6. The summed E-state index contributed by atoms with van der Waals surface area (Å²) in [7, 11) is -16.1. The molecule has 0 amide bonds. The zero-order valence-electron chi connectivity index (χ0n) is 41.3. The average molecular weight is 927 g/mol. The second-order valence-corrected chi connectivity index (χ2v) is 72.1. The molecule has 2 nitrogen and oxygen atoms in total. The van der Waals surface area contributed by atoms with E-state index in [1.54, 1.807) is 0 Å². The third-order valence-electron chi connectivity index (χ3n) is 12.2. The average Bonchev–Trinajstić information content (AvgIpc) is 2.92. The van der Waals surface area contributed by atoms with Gasteiger partial charge >= 0.3 is 8.03 Å². The SMILES string of the molecule is C[Si](C)(C)C(c1ccc(C([Si](C)(C)C)[Si](C)(C)C)c(-c2cccc(-c3cc(C([Si](C)(C)C)[Si](C)(C)C)ccc3C([Si](C)(C)C)[Si](C)(C)C)c2[P+](=O)O)c1)[Si](C)(C)C. The molecule has 318 valence electrons. The van der Waals surface area contributed by atoms with Gasteiger partial charge in [0.25, 0.3) is 0 Å². The van der Waals surface area contributed by atoms with Gasteiger partial charge in [0.05, 0.1) is 0 Å². The van der Waals surface area contributed by atoms with Crippen LogP contribution in [-0.2, 0) is 4.57 Å². The third-order valence-corrected chi connectivity index (χ3v) is 50.3. The molecular formula is C46H86O2PSi8+. The second-order valence-electron chi connectivity index (χ2n) is 26.3. The highest BCUT2D eigenvalue weighted by atomic mass is 31.1. The van der Waals surface area contributed by atoms with E-state index in [1.165, 1.54) is 33.4 Å². The third kappa shape index (κ3) is 11.9. The normalized spacial score (nSPS) is 14.7. The van der Waals surface area contributed by atoms with Gasteiger partial charge in [-0.1, -0.05) is 200 Å². The summed E-state index contributed by atoms with van der Waals surface area (Å²) in [6.07, 6.45) is 0. The molecule has 0 saturated carbocycles. The van der Waals surface area contributed by atoms with Gasteiger partial charge in [-0.3, -0.25) is 0 Å².